The minimum absolute atomic E-state index is 0.335. The zero-order valence-electron chi connectivity index (χ0n) is 9.28. The van der Waals surface area contributed by atoms with Crippen molar-refractivity contribution >= 4 is 0 Å². The monoisotopic (exact) mass is 205 g/mol. The van der Waals surface area contributed by atoms with Gasteiger partial charge in [-0.05, 0) is 43.4 Å². The van der Waals surface area contributed by atoms with E-state index < -0.39 is 0 Å². The van der Waals surface area contributed by atoms with Crippen molar-refractivity contribution in [1.82, 2.24) is 0 Å². The van der Waals surface area contributed by atoms with Crippen LogP contribution in [0.25, 0.3) is 0 Å². The van der Waals surface area contributed by atoms with Crippen LogP contribution >= 0.6 is 0 Å². The molecule has 1 aromatic carbocycles. The minimum atomic E-state index is 0.335. The molecule has 0 heterocycles. The molecule has 1 aliphatic rings. The van der Waals surface area contributed by atoms with E-state index in [-0.39, 0.29) is 0 Å². The van der Waals surface area contributed by atoms with Gasteiger partial charge in [0, 0.05) is 6.04 Å². The van der Waals surface area contributed by atoms with Crippen LogP contribution in [0, 0.1) is 0 Å². The molecule has 2 unspecified atom stereocenters. The van der Waals surface area contributed by atoms with Gasteiger partial charge in [-0.3, -0.25) is 0 Å². The summed E-state index contributed by atoms with van der Waals surface area (Å²) >= 11 is 0. The summed E-state index contributed by atoms with van der Waals surface area (Å²) in [6.45, 7) is 2.73. The Hall–Kier alpha value is -1.02. The zero-order chi connectivity index (χ0) is 10.7. The van der Waals surface area contributed by atoms with Crippen LogP contribution in [0.4, 0.5) is 0 Å². The summed E-state index contributed by atoms with van der Waals surface area (Å²) in [7, 11) is 0. The van der Waals surface area contributed by atoms with Crippen LogP contribution in [0.3, 0.4) is 0 Å². The average molecular weight is 205 g/mol. The number of benzene rings is 1. The van der Waals surface area contributed by atoms with Crippen LogP contribution in [0.2, 0.25) is 0 Å². The molecule has 1 saturated carbocycles. The van der Waals surface area contributed by atoms with Gasteiger partial charge < -0.3 is 10.5 Å². The second-order valence-electron chi connectivity index (χ2n) is 4.21. The first-order chi connectivity index (χ1) is 7.31. The molecule has 1 fully saturated rings. The molecule has 0 saturated heterocycles. The highest BCUT2D eigenvalue weighted by molar-refractivity contribution is 5.32. The van der Waals surface area contributed by atoms with Crippen LogP contribution in [-0.2, 0) is 0 Å². The lowest BCUT2D eigenvalue weighted by Crippen LogP contribution is -2.22. The quantitative estimate of drug-likeness (QED) is 0.823. The number of hydrogen-bond acceptors (Lipinski definition) is 2. The second kappa shape index (κ2) is 4.67. The van der Waals surface area contributed by atoms with Crippen LogP contribution in [0.1, 0.15) is 37.7 Å². The molecule has 2 nitrogen and oxygen atoms in total. The Morgan fingerprint density at radius 3 is 2.93 bits per heavy atom. The van der Waals surface area contributed by atoms with Gasteiger partial charge in [-0.25, -0.2) is 0 Å². The molecule has 1 aliphatic carbocycles. The predicted molar refractivity (Wildman–Crippen MR) is 62.2 cm³/mol. The van der Waals surface area contributed by atoms with E-state index in [0.717, 1.165) is 18.8 Å². The van der Waals surface area contributed by atoms with Gasteiger partial charge in [-0.2, -0.15) is 0 Å². The normalized spacial score (nSPS) is 25.5. The summed E-state index contributed by atoms with van der Waals surface area (Å²) in [5.74, 6) is 1.50. The Bertz CT molecular complexity index is 324. The molecule has 1 aromatic rings. The smallest absolute Gasteiger partial charge is 0.119 e. The van der Waals surface area contributed by atoms with Crippen LogP contribution < -0.4 is 10.5 Å². The van der Waals surface area contributed by atoms with E-state index in [2.05, 4.69) is 18.2 Å². The summed E-state index contributed by atoms with van der Waals surface area (Å²) in [5.41, 5.74) is 7.43. The third-order valence-electron chi connectivity index (χ3n) is 3.17. The topological polar surface area (TPSA) is 35.2 Å². The lowest BCUT2D eigenvalue weighted by Gasteiger charge is -2.16. The maximum atomic E-state index is 6.09. The summed E-state index contributed by atoms with van der Waals surface area (Å²) in [5, 5.41) is 0. The summed E-state index contributed by atoms with van der Waals surface area (Å²) in [6.07, 6.45) is 3.63. The maximum absolute atomic E-state index is 6.09. The second-order valence-corrected chi connectivity index (χ2v) is 4.21. The molecule has 0 aliphatic heterocycles. The number of hydrogen-bond donors (Lipinski definition) is 1. The van der Waals surface area contributed by atoms with Gasteiger partial charge in [-0.1, -0.05) is 18.6 Å². The Labute approximate surface area is 91.4 Å². The first kappa shape index (κ1) is 10.5. The first-order valence-corrected chi connectivity index (χ1v) is 5.79. The highest BCUT2D eigenvalue weighted by Crippen LogP contribution is 2.34. The molecular formula is C13H19NO. The van der Waals surface area contributed by atoms with E-state index in [4.69, 9.17) is 10.5 Å². The number of ether oxygens (including phenoxy) is 1. The molecule has 15 heavy (non-hydrogen) atoms. The Morgan fingerprint density at radius 2 is 2.27 bits per heavy atom. The third-order valence-corrected chi connectivity index (χ3v) is 3.17. The van der Waals surface area contributed by atoms with E-state index in [9.17, 15) is 0 Å². The van der Waals surface area contributed by atoms with Gasteiger partial charge in [0.25, 0.3) is 0 Å². The van der Waals surface area contributed by atoms with Crippen molar-refractivity contribution in [2.24, 2.45) is 5.73 Å². The average Bonchev–Trinajstić information content (AvgIpc) is 2.65. The molecule has 2 heteroatoms. The summed E-state index contributed by atoms with van der Waals surface area (Å²) in [4.78, 5) is 0. The van der Waals surface area contributed by atoms with E-state index in [0.29, 0.717) is 12.0 Å². The van der Waals surface area contributed by atoms with Crippen molar-refractivity contribution < 1.29 is 4.74 Å². The van der Waals surface area contributed by atoms with E-state index >= 15 is 0 Å². The minimum Gasteiger partial charge on any atom is -0.494 e. The molecule has 82 valence electrons. The number of nitrogens with two attached hydrogens (primary N) is 1. The Morgan fingerprint density at radius 1 is 1.40 bits per heavy atom. The molecule has 0 spiro atoms. The van der Waals surface area contributed by atoms with Crippen molar-refractivity contribution in [3.63, 3.8) is 0 Å². The highest BCUT2D eigenvalue weighted by Gasteiger charge is 2.25. The molecule has 2 atom stereocenters. The fourth-order valence-electron chi connectivity index (χ4n) is 2.40. The van der Waals surface area contributed by atoms with Gasteiger partial charge in [0.05, 0.1) is 6.61 Å². The predicted octanol–water partition coefficient (Wildman–Crippen LogP) is 2.68. The van der Waals surface area contributed by atoms with E-state index in [1.54, 1.807) is 0 Å². The number of rotatable bonds is 3. The summed E-state index contributed by atoms with van der Waals surface area (Å²) in [6, 6.07) is 8.71. The first-order valence-electron chi connectivity index (χ1n) is 5.79. The van der Waals surface area contributed by atoms with Crippen molar-refractivity contribution in [2.45, 2.75) is 38.1 Å². The lowest BCUT2D eigenvalue weighted by atomic mass is 9.94. The Kier molecular flexibility index (Phi) is 3.27. The molecule has 0 radical (unpaired) electrons. The maximum Gasteiger partial charge on any atom is 0.119 e. The van der Waals surface area contributed by atoms with Crippen LogP contribution in [-0.4, -0.2) is 12.6 Å². The molecule has 2 rings (SSSR count). The molecule has 2 N–H and O–H groups in total. The van der Waals surface area contributed by atoms with Crippen molar-refractivity contribution in [3.05, 3.63) is 29.8 Å². The van der Waals surface area contributed by atoms with E-state index in [1.807, 2.05) is 13.0 Å². The van der Waals surface area contributed by atoms with Gasteiger partial charge in [-0.15, -0.1) is 0 Å². The molecule has 0 bridgehead atoms. The molecular weight excluding hydrogens is 186 g/mol. The standard InChI is InChI=1S/C13H19NO/c1-2-15-11-6-3-5-10(9-11)12-7-4-8-13(12)14/h3,5-6,9,12-13H,2,4,7-8,14H2,1H3. The third kappa shape index (κ3) is 2.32. The lowest BCUT2D eigenvalue weighted by molar-refractivity contribution is 0.339. The van der Waals surface area contributed by atoms with Crippen LogP contribution in [0.15, 0.2) is 24.3 Å². The fourth-order valence-corrected chi connectivity index (χ4v) is 2.40. The van der Waals surface area contributed by atoms with Gasteiger partial charge >= 0.3 is 0 Å². The van der Waals surface area contributed by atoms with Crippen molar-refractivity contribution in [1.29, 1.82) is 0 Å². The summed E-state index contributed by atoms with van der Waals surface area (Å²) < 4.78 is 5.50. The van der Waals surface area contributed by atoms with Gasteiger partial charge in [0.1, 0.15) is 5.75 Å². The van der Waals surface area contributed by atoms with Crippen molar-refractivity contribution in [3.8, 4) is 5.75 Å². The zero-order valence-corrected chi connectivity index (χ0v) is 9.28. The van der Waals surface area contributed by atoms with Crippen LogP contribution in [0.5, 0.6) is 5.75 Å². The van der Waals surface area contributed by atoms with Gasteiger partial charge in [0.2, 0.25) is 0 Å². The largest absolute Gasteiger partial charge is 0.494 e. The molecule has 0 amide bonds. The highest BCUT2D eigenvalue weighted by atomic mass is 16.5. The van der Waals surface area contributed by atoms with Crippen molar-refractivity contribution in [2.75, 3.05) is 6.61 Å². The Balaban J connectivity index is 2.16. The molecule has 0 aromatic heterocycles. The SMILES string of the molecule is CCOc1cccc(C2CCCC2N)c1. The van der Waals surface area contributed by atoms with Gasteiger partial charge in [0.15, 0.2) is 0 Å². The fraction of sp³-hybridized carbons (Fsp3) is 0.538. The van der Waals surface area contributed by atoms with E-state index in [1.165, 1.54) is 18.4 Å².